The molecule has 0 aliphatic rings. The Bertz CT molecular complexity index is 1740. The molecule has 0 radical (unpaired) electrons. The van der Waals surface area contributed by atoms with Gasteiger partial charge in [0, 0.05) is 94.7 Å². The molecule has 0 fully saturated rings. The van der Waals surface area contributed by atoms with Crippen molar-refractivity contribution in [3.05, 3.63) is 212 Å². The second-order valence-electron chi connectivity index (χ2n) is 11.9. The van der Waals surface area contributed by atoms with E-state index in [1.165, 1.54) is 21.6 Å². The van der Waals surface area contributed by atoms with Gasteiger partial charge in [-0.2, -0.15) is 0 Å². The molecule has 8 aromatic heterocycles. The van der Waals surface area contributed by atoms with Crippen molar-refractivity contribution in [3.63, 3.8) is 0 Å². The fraction of sp³-hybridized carbons (Fsp3) is 0.345. The minimum Gasteiger partial charge on any atom is -0.349 e. The molecule has 0 aliphatic carbocycles. The first-order valence-corrected chi connectivity index (χ1v) is 20.8. The van der Waals surface area contributed by atoms with Crippen LogP contribution in [0.5, 0.6) is 0 Å². The average Bonchev–Trinajstić information content (AvgIpc) is 4.10. The summed E-state index contributed by atoms with van der Waals surface area (Å²) in [6, 6.07) is 24.0. The molecule has 0 saturated carbocycles. The zero-order chi connectivity index (χ0) is 42.5. The van der Waals surface area contributed by atoms with Crippen LogP contribution in [0.1, 0.15) is 124 Å². The largest absolute Gasteiger partial charge is 0.349 e. The van der Waals surface area contributed by atoms with Crippen molar-refractivity contribution in [2.75, 3.05) is 0 Å². The second kappa shape index (κ2) is 59.0. The predicted octanol–water partition coefficient (Wildman–Crippen LogP) is 18.3. The summed E-state index contributed by atoms with van der Waals surface area (Å²) in [6.07, 6.45) is 19.6. The second-order valence-corrected chi connectivity index (χ2v) is 14.8. The number of rotatable bonds is 0. The van der Waals surface area contributed by atoms with Crippen molar-refractivity contribution >= 4 is 34.0 Å². The number of imidazole rings is 2. The lowest BCUT2D eigenvalue weighted by Crippen LogP contribution is -1.72. The number of H-pyrrole nitrogens is 2. The molecule has 9 aromatic rings. The number of aryl methyl sites for hydroxylation is 9. The molecule has 8 heterocycles. The number of pyridine rings is 3. The number of benzene rings is 1. The zero-order valence-corrected chi connectivity index (χ0v) is 37.3. The first-order valence-electron chi connectivity index (χ1n) is 18.1. The first kappa shape index (κ1) is 85.3. The van der Waals surface area contributed by atoms with Gasteiger partial charge in [0.15, 0.2) is 0 Å². The standard InChI is InChI=1S/C7H8.3C6H7N.2C4H6N2.3C4H5NS.10CH4/c1-7-5-3-2-4-6-7;1-6-2-4-7-5-3-6;1-6-3-2-4-7-5-6;1-6-4-2-3-5-7-6;1-4-2-5-3-6-4;1-4-5-2-3-6-4;1-4-2-6-3-5-4;1-4-2-5-3-6-4;1-4-5-2-3-6-4;;;;;;;;;;/h2-6H,1H3;3*2-5H,1H3;2*2-3H,1H3,(H,5,6);3*2-3H,1H3;10*1H4. The molecule has 0 bridgehead atoms. The zero-order valence-electron chi connectivity index (χ0n) is 34.9. The molecule has 1 aromatic carbocycles. The third-order valence-electron chi connectivity index (χ3n) is 6.35. The molecule has 0 amide bonds. The number of nitrogens with zero attached hydrogens (tertiary/aromatic N) is 8. The Hall–Kier alpha value is -6.02. The van der Waals surface area contributed by atoms with E-state index in [1.54, 1.807) is 89.9 Å². The molecular weight excluding hydrogens is 897 g/mol. The highest BCUT2D eigenvalue weighted by Gasteiger charge is 1.79. The number of aromatic amines is 2. The number of hydrogen-bond acceptors (Lipinski definition) is 11. The summed E-state index contributed by atoms with van der Waals surface area (Å²) >= 11 is 4.96. The van der Waals surface area contributed by atoms with Gasteiger partial charge in [0.05, 0.1) is 22.4 Å². The smallest absolute Gasteiger partial charge is 0.102 e. The number of hydrogen-bond donors (Lipinski definition) is 2. The van der Waals surface area contributed by atoms with E-state index >= 15 is 0 Å². The van der Waals surface area contributed by atoms with E-state index in [-0.39, 0.29) is 74.3 Å². The minimum atomic E-state index is 0. The molecule has 13 heteroatoms. The summed E-state index contributed by atoms with van der Waals surface area (Å²) in [5.74, 6) is 0.968. The van der Waals surface area contributed by atoms with E-state index in [0.29, 0.717) is 0 Å². The van der Waals surface area contributed by atoms with Crippen LogP contribution in [0, 0.1) is 62.3 Å². The van der Waals surface area contributed by atoms with Gasteiger partial charge in [-0.25, -0.2) is 9.97 Å². The van der Waals surface area contributed by atoms with Crippen molar-refractivity contribution in [1.29, 1.82) is 0 Å². The predicted molar refractivity (Wildman–Crippen MR) is 313 cm³/mol. The minimum absolute atomic E-state index is 0. The Morgan fingerprint density at radius 2 is 1.03 bits per heavy atom. The van der Waals surface area contributed by atoms with Gasteiger partial charge in [-0.15, -0.1) is 34.0 Å². The quantitative estimate of drug-likeness (QED) is 0.153. The maximum absolute atomic E-state index is 3.98. The highest BCUT2D eigenvalue weighted by atomic mass is 32.1. The summed E-state index contributed by atoms with van der Waals surface area (Å²) in [5.41, 5.74) is 10.7. The van der Waals surface area contributed by atoms with Crippen molar-refractivity contribution in [2.45, 2.75) is 137 Å². The Morgan fingerprint density at radius 3 is 1.22 bits per heavy atom. The van der Waals surface area contributed by atoms with Crippen LogP contribution in [-0.2, 0) is 0 Å². The fourth-order valence-corrected chi connectivity index (χ4v) is 4.77. The maximum atomic E-state index is 3.98. The van der Waals surface area contributed by atoms with Crippen LogP contribution in [0.3, 0.4) is 0 Å². The Morgan fingerprint density at radius 1 is 0.412 bits per heavy atom. The number of thiazole rings is 3. The Labute approximate surface area is 430 Å². The topological polar surface area (TPSA) is 135 Å². The summed E-state index contributed by atoms with van der Waals surface area (Å²) < 4.78 is 0. The van der Waals surface area contributed by atoms with E-state index in [2.05, 4.69) is 68.9 Å². The molecule has 10 nitrogen and oxygen atoms in total. The van der Waals surface area contributed by atoms with Crippen molar-refractivity contribution in [2.24, 2.45) is 0 Å². The highest BCUT2D eigenvalue weighted by Crippen LogP contribution is 2.00. The normalized spacial score (nSPS) is 7.49. The van der Waals surface area contributed by atoms with E-state index in [0.717, 1.165) is 27.9 Å². The summed E-state index contributed by atoms with van der Waals surface area (Å²) in [4.78, 5) is 38.1. The third-order valence-corrected chi connectivity index (χ3v) is 8.46. The molecule has 68 heavy (non-hydrogen) atoms. The molecule has 0 unspecified atom stereocenters. The van der Waals surface area contributed by atoms with E-state index < -0.39 is 0 Å². The van der Waals surface area contributed by atoms with Crippen LogP contribution < -0.4 is 0 Å². The van der Waals surface area contributed by atoms with E-state index in [9.17, 15) is 0 Å². The monoisotopic (exact) mass is 993 g/mol. The number of nitrogens with one attached hydrogen (secondary N) is 2. The molecule has 0 saturated heterocycles. The van der Waals surface area contributed by atoms with Crippen LogP contribution in [0.2, 0.25) is 0 Å². The maximum Gasteiger partial charge on any atom is 0.102 e. The molecule has 384 valence electrons. The molecule has 0 spiro atoms. The van der Waals surface area contributed by atoms with Gasteiger partial charge in [0.1, 0.15) is 5.82 Å². The molecule has 2 N–H and O–H groups in total. The van der Waals surface area contributed by atoms with Crippen LogP contribution in [0.4, 0.5) is 0 Å². The van der Waals surface area contributed by atoms with Gasteiger partial charge in [-0.1, -0.05) is 122 Å². The van der Waals surface area contributed by atoms with E-state index in [1.807, 2.05) is 150 Å². The summed E-state index contributed by atoms with van der Waals surface area (Å²) in [7, 11) is 0. The lowest BCUT2D eigenvalue weighted by molar-refractivity contribution is 1.15. The van der Waals surface area contributed by atoms with Crippen LogP contribution >= 0.6 is 34.0 Å². The van der Waals surface area contributed by atoms with Crippen molar-refractivity contribution in [1.82, 2.24) is 49.8 Å². The van der Waals surface area contributed by atoms with Crippen molar-refractivity contribution < 1.29 is 0 Å². The Balaban J connectivity index is -0.0000000684. The molecular formula is C55H96N10S3. The summed E-state index contributed by atoms with van der Waals surface area (Å²) in [5, 5.41) is 5.12. The lowest BCUT2D eigenvalue weighted by atomic mass is 10.2. The fourth-order valence-electron chi connectivity index (χ4n) is 3.37. The number of aromatic nitrogens is 10. The van der Waals surface area contributed by atoms with Gasteiger partial charge < -0.3 is 9.97 Å². The summed E-state index contributed by atoms with van der Waals surface area (Å²) in [6.45, 7) is 18.0. The molecule has 9 rings (SSSR count). The van der Waals surface area contributed by atoms with Crippen LogP contribution in [-0.4, -0.2) is 49.8 Å². The Kier molecular flexibility index (Phi) is 74.0. The average molecular weight is 994 g/mol. The molecule has 0 atom stereocenters. The highest BCUT2D eigenvalue weighted by molar-refractivity contribution is 7.09. The van der Waals surface area contributed by atoms with Gasteiger partial charge in [-0.3, -0.25) is 29.9 Å². The van der Waals surface area contributed by atoms with Gasteiger partial charge >= 0.3 is 0 Å². The van der Waals surface area contributed by atoms with Crippen LogP contribution in [0.15, 0.2) is 163 Å². The van der Waals surface area contributed by atoms with Crippen LogP contribution in [0.25, 0.3) is 0 Å². The molecule has 0 aliphatic heterocycles. The van der Waals surface area contributed by atoms with E-state index in [4.69, 9.17) is 0 Å². The van der Waals surface area contributed by atoms with Gasteiger partial charge in [0.25, 0.3) is 0 Å². The lowest BCUT2D eigenvalue weighted by Gasteiger charge is -1.82. The first-order chi connectivity index (χ1) is 28.0. The SMILES string of the molecule is C.C.C.C.C.C.C.C.C.C.Cc1ccccc1.Cc1ccccn1.Cc1cccnc1.Cc1ccncc1.Cc1cnc[nH]1.Cc1cncs1.Cc1cscn1.Cc1ncc[nH]1.Cc1nccs1. The third kappa shape index (κ3) is 56.1. The van der Waals surface area contributed by atoms with Gasteiger partial charge in [0.2, 0.25) is 0 Å². The van der Waals surface area contributed by atoms with Gasteiger partial charge in [-0.05, 0) is 104 Å². The van der Waals surface area contributed by atoms with Crippen molar-refractivity contribution in [3.8, 4) is 0 Å².